The predicted octanol–water partition coefficient (Wildman–Crippen LogP) is 10.1. The summed E-state index contributed by atoms with van der Waals surface area (Å²) < 4.78 is 145. The lowest BCUT2D eigenvalue weighted by molar-refractivity contribution is 0.599. The molecule has 30 heavy (non-hydrogen) atoms. The van der Waals surface area contributed by atoms with Gasteiger partial charge in [-0.05, 0) is 42.3 Å². The van der Waals surface area contributed by atoms with Gasteiger partial charge in [0.05, 0.1) is 0 Å². The van der Waals surface area contributed by atoms with Crippen LogP contribution < -0.4 is 0 Å². The van der Waals surface area contributed by atoms with Crippen LogP contribution in [0.15, 0.2) is 27.1 Å². The quantitative estimate of drug-likeness (QED) is 0.249. The molecule has 0 saturated carbocycles. The molecule has 0 N–H and O–H groups in total. The zero-order chi connectivity index (χ0) is 24.0. The van der Waals surface area contributed by atoms with Crippen LogP contribution in [0.1, 0.15) is 0 Å². The number of rotatable bonds is 3. The maximum absolute atomic E-state index is 15.0. The molecule has 0 spiro atoms. The molecule has 1 aliphatic rings. The van der Waals surface area contributed by atoms with E-state index >= 15 is 0 Å². The molecule has 0 aromatic rings. The fraction of sp³-hybridized carbons (Fsp3) is 1.00. The van der Waals surface area contributed by atoms with E-state index in [2.05, 4.69) is 27.1 Å². The molecule has 3 atom stereocenters. The molecule has 1 aliphatic heterocycles. The zero-order valence-electron chi connectivity index (χ0n) is 16.1. The van der Waals surface area contributed by atoms with Gasteiger partial charge in [0.2, 0.25) is 0 Å². The number of hydrogen-bond donors (Lipinski definition) is 0. The molecule has 180 valence electrons. The van der Waals surface area contributed by atoms with Crippen LogP contribution in [0.5, 0.6) is 0 Å². The average Bonchev–Trinajstić information content (AvgIpc) is 2.40. The monoisotopic (exact) mass is 573 g/mol. The summed E-state index contributed by atoms with van der Waals surface area (Å²) in [5, 5.41) is 0. The topological polar surface area (TPSA) is 83.9 Å². The van der Waals surface area contributed by atoms with Crippen LogP contribution >= 0.6 is 46.5 Å². The minimum atomic E-state index is -6.48. The Hall–Kier alpha value is 0.630. The molecule has 0 aromatic carbocycles. The van der Waals surface area contributed by atoms with Gasteiger partial charge in [-0.2, -0.15) is 12.6 Å². The molecule has 0 aliphatic carbocycles. The molecule has 3 unspecified atom stereocenters. The van der Waals surface area contributed by atoms with E-state index in [0.29, 0.717) is 0 Å². The summed E-state index contributed by atoms with van der Waals surface area (Å²) in [7, 11) is -32.0. The highest BCUT2D eigenvalue weighted by atomic mass is 31.3. The molecule has 1 heterocycles. The second-order valence-corrected chi connectivity index (χ2v) is 18.3. The Labute approximate surface area is 168 Å². The van der Waals surface area contributed by atoms with Gasteiger partial charge in [-0.3, -0.25) is 0 Å². The summed E-state index contributed by atoms with van der Waals surface area (Å²) in [6.45, 7) is 0. The SMILES string of the molecule is CN(C)P1(F)=NP(F)(F)=NP(F)(N(C)C)=NP(F)(F)=NP(F)(N(C)C)=NP(F)(F)=N1. The molecule has 0 amide bonds. The molecule has 0 saturated heterocycles. The molecule has 24 heteroatoms. The van der Waals surface area contributed by atoms with E-state index in [4.69, 9.17) is 0 Å². The Morgan fingerprint density at radius 1 is 0.367 bits per heavy atom. The van der Waals surface area contributed by atoms with Gasteiger partial charge in [0.15, 0.2) is 0 Å². The van der Waals surface area contributed by atoms with Crippen molar-refractivity contribution in [3.63, 3.8) is 0 Å². The highest BCUT2D eigenvalue weighted by molar-refractivity contribution is 7.79. The van der Waals surface area contributed by atoms with E-state index in [0.717, 1.165) is 42.3 Å². The van der Waals surface area contributed by atoms with Gasteiger partial charge in [-0.25, -0.2) is 14.0 Å². The average molecular weight is 573 g/mol. The summed E-state index contributed by atoms with van der Waals surface area (Å²) in [6, 6.07) is 0. The van der Waals surface area contributed by atoms with Crippen molar-refractivity contribution in [3.05, 3.63) is 0 Å². The number of hydrogen-bond acceptors (Lipinski definition) is 9. The highest BCUT2D eigenvalue weighted by Gasteiger charge is 2.41. The standard InChI is InChI=1S/C6H18F9N9P6/c1-22(2)28(13)16-25(7,8)18-29(14,23(3)4)20-27(11,12)21-30(15,24(5)6)19-26(9,10)17-28/h1-6H3. The third-order valence-electron chi connectivity index (χ3n) is 2.86. The molecule has 0 aromatic heterocycles. The minimum absolute atomic E-state index is 0.170. The van der Waals surface area contributed by atoms with Gasteiger partial charge >= 0.3 is 46.5 Å². The number of nitrogens with zero attached hydrogens (tertiary/aromatic N) is 9. The summed E-state index contributed by atoms with van der Waals surface area (Å²) in [5.41, 5.74) is 0. The second kappa shape index (κ2) is 9.11. The lowest BCUT2D eigenvalue weighted by atomic mass is 11.3. The first-order chi connectivity index (χ1) is 13.1. The van der Waals surface area contributed by atoms with E-state index in [-0.39, 0.29) is 14.0 Å². The molecule has 0 radical (unpaired) electrons. The molecular formula is C6H18F9N9P6. The smallest absolute Gasteiger partial charge is 0.232 e. The molecule has 0 bridgehead atoms. The van der Waals surface area contributed by atoms with Crippen molar-refractivity contribution in [1.82, 2.24) is 14.0 Å². The van der Waals surface area contributed by atoms with E-state index in [1.54, 1.807) is 0 Å². The molecular weight excluding hydrogens is 555 g/mol. The van der Waals surface area contributed by atoms with Gasteiger partial charge in [-0.15, -0.1) is 52.3 Å². The first-order valence-electron chi connectivity index (χ1n) is 7.20. The van der Waals surface area contributed by atoms with Crippen LogP contribution in [0.4, 0.5) is 37.8 Å². The largest absolute Gasteiger partial charge is 0.423 e. The van der Waals surface area contributed by atoms with Crippen LogP contribution in [0.25, 0.3) is 0 Å². The third-order valence-corrected chi connectivity index (χ3v) is 16.5. The molecule has 1 rings (SSSR count). The van der Waals surface area contributed by atoms with Gasteiger partial charge in [-0.1, -0.05) is 0 Å². The fourth-order valence-corrected chi connectivity index (χ4v) is 14.6. The van der Waals surface area contributed by atoms with Crippen LogP contribution in [0.3, 0.4) is 0 Å². The van der Waals surface area contributed by atoms with Crippen molar-refractivity contribution in [1.29, 1.82) is 0 Å². The van der Waals surface area contributed by atoms with Gasteiger partial charge in [0.25, 0.3) is 0 Å². The van der Waals surface area contributed by atoms with Crippen molar-refractivity contribution >= 4 is 46.5 Å². The Morgan fingerprint density at radius 2 is 0.533 bits per heavy atom. The Bertz CT molecular complexity index is 886. The highest BCUT2D eigenvalue weighted by Crippen LogP contribution is 2.82. The predicted molar refractivity (Wildman–Crippen MR) is 107 cm³/mol. The van der Waals surface area contributed by atoms with Gasteiger partial charge in [0, 0.05) is 0 Å². The molecule has 0 fully saturated rings. The Kier molecular flexibility index (Phi) is 8.70. The lowest BCUT2D eigenvalue weighted by Crippen LogP contribution is -2.05. The van der Waals surface area contributed by atoms with E-state index in [9.17, 15) is 37.8 Å². The third kappa shape index (κ3) is 7.32. The lowest BCUT2D eigenvalue weighted by Gasteiger charge is -2.23. The summed E-state index contributed by atoms with van der Waals surface area (Å²) in [5.74, 6) is 0. The van der Waals surface area contributed by atoms with Gasteiger partial charge in [0.1, 0.15) is 0 Å². The van der Waals surface area contributed by atoms with Crippen LogP contribution in [-0.2, 0) is 0 Å². The fourth-order valence-electron chi connectivity index (χ4n) is 1.41. The summed E-state index contributed by atoms with van der Waals surface area (Å²) in [4.78, 5) is 0. The van der Waals surface area contributed by atoms with E-state index < -0.39 is 46.5 Å². The van der Waals surface area contributed by atoms with Crippen LogP contribution in [0, 0.1) is 0 Å². The van der Waals surface area contributed by atoms with Crippen LogP contribution in [-0.4, -0.2) is 56.3 Å². The van der Waals surface area contributed by atoms with E-state index in [1.807, 2.05) is 0 Å². The maximum atomic E-state index is 15.0. The van der Waals surface area contributed by atoms with Crippen molar-refractivity contribution in [2.45, 2.75) is 0 Å². The Balaban J connectivity index is 4.40. The maximum Gasteiger partial charge on any atom is 0.423 e. The van der Waals surface area contributed by atoms with Crippen molar-refractivity contribution in [2.24, 2.45) is 27.1 Å². The normalized spacial score (nSPS) is 36.2. The number of halogens is 9. The second-order valence-electron chi connectivity index (χ2n) is 5.93. The summed E-state index contributed by atoms with van der Waals surface area (Å²) >= 11 is 0. The molecule has 9 nitrogen and oxygen atoms in total. The van der Waals surface area contributed by atoms with Crippen molar-refractivity contribution in [3.8, 4) is 0 Å². The Morgan fingerprint density at radius 3 is 0.667 bits per heavy atom. The first kappa shape index (κ1) is 28.7. The summed E-state index contributed by atoms with van der Waals surface area (Å²) in [6.07, 6.45) is 0. The van der Waals surface area contributed by atoms with Crippen molar-refractivity contribution in [2.75, 3.05) is 42.3 Å². The van der Waals surface area contributed by atoms with Gasteiger partial charge < -0.3 is 0 Å². The first-order valence-corrected chi connectivity index (χ1v) is 16.2. The van der Waals surface area contributed by atoms with E-state index in [1.165, 1.54) is 0 Å². The zero-order valence-corrected chi connectivity index (χ0v) is 21.5. The van der Waals surface area contributed by atoms with Crippen LogP contribution in [0.2, 0.25) is 0 Å². The van der Waals surface area contributed by atoms with Crippen molar-refractivity contribution < 1.29 is 37.8 Å². The minimum Gasteiger partial charge on any atom is -0.232 e.